The summed E-state index contributed by atoms with van der Waals surface area (Å²) < 4.78 is 18.7. The van der Waals surface area contributed by atoms with Gasteiger partial charge in [-0.15, -0.1) is 0 Å². The van der Waals surface area contributed by atoms with Crippen molar-refractivity contribution < 1.29 is 43.0 Å². The van der Waals surface area contributed by atoms with Gasteiger partial charge in [0.25, 0.3) is 0 Å². The van der Waals surface area contributed by atoms with E-state index in [-0.39, 0.29) is 17.9 Å². The van der Waals surface area contributed by atoms with E-state index in [4.69, 9.17) is 14.2 Å². The van der Waals surface area contributed by atoms with Gasteiger partial charge < -0.3 is 39.6 Å². The average molecular weight is 911 g/mol. The number of carbonyl (C=O) groups excluding carboxylic acids is 6. The largest absolute Gasteiger partial charge is 0.458 e. The van der Waals surface area contributed by atoms with Crippen LogP contribution in [0.25, 0.3) is 10.9 Å². The summed E-state index contributed by atoms with van der Waals surface area (Å²) in [5.74, 6) is -2.22. The quantitative estimate of drug-likeness (QED) is 0.0612. The van der Waals surface area contributed by atoms with Crippen LogP contribution in [0, 0.1) is 11.3 Å². The molecule has 1 aromatic heterocycles. The number of ether oxygens (including phenoxy) is 3. The topological polar surface area (TPSA) is 178 Å². The number of aromatic nitrogens is 1. The van der Waals surface area contributed by atoms with Crippen molar-refractivity contribution in [2.75, 3.05) is 20.6 Å². The van der Waals surface area contributed by atoms with E-state index in [1.165, 1.54) is 16.8 Å². The molecule has 5 amide bonds. The number of fused-ring (bicyclic) bond motifs is 1. The molecule has 0 saturated heterocycles. The maximum Gasteiger partial charge on any atom is 0.410 e. The molecule has 0 saturated carbocycles. The Kier molecular flexibility index (Phi) is 18.9. The zero-order valence-electron chi connectivity index (χ0n) is 43.2. The Morgan fingerprint density at radius 2 is 1.31 bits per heavy atom. The van der Waals surface area contributed by atoms with Crippen LogP contribution in [-0.4, -0.2) is 112 Å². The average Bonchev–Trinajstić information content (AvgIpc) is 3.48. The monoisotopic (exact) mass is 911 g/mol. The van der Waals surface area contributed by atoms with Crippen LogP contribution in [0.3, 0.4) is 0 Å². The number of nitrogens with zero attached hydrogens (tertiary/aromatic N) is 3. The van der Waals surface area contributed by atoms with E-state index in [2.05, 4.69) is 16.0 Å². The highest BCUT2D eigenvalue weighted by atomic mass is 16.6. The molecular weight excluding hydrogens is 829 g/mol. The smallest absolute Gasteiger partial charge is 0.410 e. The van der Waals surface area contributed by atoms with Crippen LogP contribution in [0.5, 0.6) is 0 Å². The lowest BCUT2D eigenvalue weighted by atomic mass is 9.76. The molecule has 1 aromatic carbocycles. The summed E-state index contributed by atoms with van der Waals surface area (Å²) in [5.41, 5.74) is -2.00. The van der Waals surface area contributed by atoms with E-state index in [1.54, 1.807) is 82.4 Å². The van der Waals surface area contributed by atoms with Crippen molar-refractivity contribution in [2.45, 2.75) is 183 Å². The first-order valence-electron chi connectivity index (χ1n) is 22.7. The Hall–Kier alpha value is -5.08. The van der Waals surface area contributed by atoms with E-state index in [0.29, 0.717) is 19.4 Å². The normalized spacial score (nSPS) is 14.8. The predicted octanol–water partition coefficient (Wildman–Crippen LogP) is 8.17. The molecule has 0 aliphatic rings. The molecule has 0 aliphatic carbocycles. The summed E-state index contributed by atoms with van der Waals surface area (Å²) in [5, 5.41) is 9.55. The highest BCUT2D eigenvalue weighted by Gasteiger charge is 2.47. The SMILES string of the molecule is C/C(=C\[C@H](C(C)C)N(C)C(=O)[C@@H](NC(=O)[C@@H](N(C)C(=O)OC(C)(C)C)C(C)(C)c1cn(C)c2ccccc12)C(C)(C)C)C(=O)N[C@H](CCCCNC(=O)OC(C)(C)C)C(=O)OC(C)(C)C. The zero-order chi connectivity index (χ0) is 50.2. The molecule has 4 atom stereocenters. The van der Waals surface area contributed by atoms with E-state index < -0.39 is 87.7 Å². The summed E-state index contributed by atoms with van der Waals surface area (Å²) >= 11 is 0. The number of aryl methyl sites for hydroxylation is 1. The number of unbranched alkanes of at least 4 members (excludes halogenated alkanes) is 1. The third-order valence-electron chi connectivity index (χ3n) is 10.8. The number of rotatable bonds is 17. The van der Waals surface area contributed by atoms with Gasteiger partial charge in [-0.25, -0.2) is 14.4 Å². The van der Waals surface area contributed by atoms with Crippen LogP contribution in [0.4, 0.5) is 9.59 Å². The lowest BCUT2D eigenvalue weighted by Crippen LogP contribution is -2.63. The lowest BCUT2D eigenvalue weighted by molar-refractivity contribution is -0.158. The summed E-state index contributed by atoms with van der Waals surface area (Å²) in [6.45, 7) is 31.0. The van der Waals surface area contributed by atoms with E-state index in [1.807, 2.05) is 90.5 Å². The number of hydrogen-bond donors (Lipinski definition) is 3. The highest BCUT2D eigenvalue weighted by Crippen LogP contribution is 2.37. The fraction of sp³-hybridized carbons (Fsp3) is 0.680. The number of likely N-dealkylation sites (N-methyl/N-ethyl adjacent to an activating group) is 2. The number of benzene rings is 1. The Bertz CT molecular complexity index is 2020. The van der Waals surface area contributed by atoms with Crippen molar-refractivity contribution in [2.24, 2.45) is 18.4 Å². The zero-order valence-corrected chi connectivity index (χ0v) is 43.2. The van der Waals surface area contributed by atoms with Crippen LogP contribution in [0.2, 0.25) is 0 Å². The highest BCUT2D eigenvalue weighted by molar-refractivity contribution is 5.97. The number of nitrogens with one attached hydrogen (secondary N) is 3. The number of alkyl carbamates (subject to hydrolysis) is 1. The van der Waals surface area contributed by atoms with Crippen molar-refractivity contribution in [3.05, 3.63) is 47.7 Å². The van der Waals surface area contributed by atoms with Gasteiger partial charge in [-0.05, 0) is 111 Å². The molecule has 0 spiro atoms. The number of esters is 1. The maximum absolute atomic E-state index is 14.9. The molecule has 2 rings (SSSR count). The molecule has 0 unspecified atom stereocenters. The predicted molar refractivity (Wildman–Crippen MR) is 256 cm³/mol. The molecule has 0 fully saturated rings. The van der Waals surface area contributed by atoms with Gasteiger partial charge in [0, 0.05) is 55.8 Å². The Labute approximate surface area is 389 Å². The van der Waals surface area contributed by atoms with Gasteiger partial charge >= 0.3 is 18.2 Å². The Morgan fingerprint density at radius 3 is 1.83 bits per heavy atom. The third kappa shape index (κ3) is 16.7. The van der Waals surface area contributed by atoms with Crippen LogP contribution in [0.1, 0.15) is 143 Å². The Morgan fingerprint density at radius 1 is 0.754 bits per heavy atom. The molecule has 366 valence electrons. The Balaban J connectivity index is 2.47. The second-order valence-electron chi connectivity index (χ2n) is 22.2. The minimum absolute atomic E-state index is 0.182. The van der Waals surface area contributed by atoms with Gasteiger partial charge in [-0.3, -0.25) is 19.3 Å². The molecule has 1 heterocycles. The van der Waals surface area contributed by atoms with Crippen LogP contribution >= 0.6 is 0 Å². The molecule has 0 aliphatic heterocycles. The first kappa shape index (κ1) is 56.1. The number of amides is 5. The minimum Gasteiger partial charge on any atom is -0.458 e. The van der Waals surface area contributed by atoms with Gasteiger partial charge in [-0.1, -0.05) is 72.7 Å². The molecule has 65 heavy (non-hydrogen) atoms. The maximum atomic E-state index is 14.9. The number of carbonyl (C=O) groups is 6. The second kappa shape index (κ2) is 21.9. The van der Waals surface area contributed by atoms with E-state index in [9.17, 15) is 28.8 Å². The van der Waals surface area contributed by atoms with Gasteiger partial charge in [0.2, 0.25) is 17.7 Å². The molecule has 0 radical (unpaired) electrons. The summed E-state index contributed by atoms with van der Waals surface area (Å²) in [7, 11) is 5.11. The molecular formula is C50H82N6O9. The lowest BCUT2D eigenvalue weighted by Gasteiger charge is -2.42. The van der Waals surface area contributed by atoms with Crippen molar-refractivity contribution in [3.63, 3.8) is 0 Å². The molecule has 15 nitrogen and oxygen atoms in total. The first-order chi connectivity index (χ1) is 29.5. The minimum atomic E-state index is -1.13. The fourth-order valence-electron chi connectivity index (χ4n) is 7.61. The van der Waals surface area contributed by atoms with Crippen molar-refractivity contribution >= 4 is 46.8 Å². The van der Waals surface area contributed by atoms with Crippen molar-refractivity contribution in [1.29, 1.82) is 0 Å². The summed E-state index contributed by atoms with van der Waals surface area (Å²) in [6.07, 6.45) is 3.70. The summed E-state index contributed by atoms with van der Waals surface area (Å²) in [6, 6.07) is 4.07. The van der Waals surface area contributed by atoms with Crippen molar-refractivity contribution in [3.8, 4) is 0 Å². The summed E-state index contributed by atoms with van der Waals surface area (Å²) in [4.78, 5) is 85.6. The molecule has 15 heteroatoms. The third-order valence-corrected chi connectivity index (χ3v) is 10.8. The van der Waals surface area contributed by atoms with Crippen molar-refractivity contribution in [1.82, 2.24) is 30.3 Å². The van der Waals surface area contributed by atoms with E-state index in [0.717, 1.165) is 16.5 Å². The van der Waals surface area contributed by atoms with Gasteiger partial charge in [0.05, 0.1) is 6.04 Å². The first-order valence-corrected chi connectivity index (χ1v) is 22.7. The second-order valence-corrected chi connectivity index (χ2v) is 22.2. The number of hydrogen-bond acceptors (Lipinski definition) is 9. The van der Waals surface area contributed by atoms with Crippen LogP contribution < -0.4 is 16.0 Å². The standard InChI is InChI=1S/C50H82N6O9/c1-31(2)37(29-32(3)40(57)52-35(43(60)63-47(7,8)9)26-23-24-28-51-44(61)64-48(10,11)12)55(19)42(59)38(46(4,5)6)53-41(58)39(56(20)45(62)65-49(13,14)15)50(16,17)34-30-54(18)36-27-22-21-25-33(34)36/h21-22,25,27,29-31,35,37-39H,23-24,26,28H2,1-20H3,(H,51,61)(H,52,57)(H,53,58)/b32-29+/t35-,37-,38-,39-/m1/s1. The van der Waals surface area contributed by atoms with Crippen LogP contribution in [-0.2, 0) is 45.9 Å². The fourth-order valence-corrected chi connectivity index (χ4v) is 7.61. The molecule has 0 bridgehead atoms. The van der Waals surface area contributed by atoms with Gasteiger partial charge in [0.1, 0.15) is 34.9 Å². The van der Waals surface area contributed by atoms with Gasteiger partial charge in [0.15, 0.2) is 0 Å². The van der Waals surface area contributed by atoms with Crippen LogP contribution in [0.15, 0.2) is 42.1 Å². The number of para-hydroxylation sites is 1. The van der Waals surface area contributed by atoms with E-state index >= 15 is 0 Å². The molecule has 2 aromatic rings. The van der Waals surface area contributed by atoms with Gasteiger partial charge in [-0.2, -0.15) is 0 Å². The molecule has 3 N–H and O–H groups in total.